The number of halogens is 1. The summed E-state index contributed by atoms with van der Waals surface area (Å²) in [6, 6.07) is 12.8. The third-order valence-corrected chi connectivity index (χ3v) is 6.17. The van der Waals surface area contributed by atoms with Gasteiger partial charge in [0.1, 0.15) is 0 Å². The lowest BCUT2D eigenvalue weighted by molar-refractivity contribution is 0.544. The largest absolute Gasteiger partial charge is 0.268 e. The van der Waals surface area contributed by atoms with Crippen molar-refractivity contribution in [1.82, 2.24) is 14.5 Å². The Balaban J connectivity index is 1.64. The van der Waals surface area contributed by atoms with Crippen molar-refractivity contribution in [1.29, 1.82) is 0 Å². The molecule has 0 saturated heterocycles. The van der Waals surface area contributed by atoms with Crippen molar-refractivity contribution in [2.24, 2.45) is 0 Å². The minimum Gasteiger partial charge on any atom is -0.268 e. The molecule has 0 radical (unpaired) electrons. The maximum absolute atomic E-state index is 12.5. The molecule has 0 bridgehead atoms. The molecule has 1 N–H and O–H groups in total. The maximum Gasteiger partial charge on any atom is 0.240 e. The molecule has 0 spiro atoms. The number of rotatable bonds is 6. The van der Waals surface area contributed by atoms with Gasteiger partial charge in [0, 0.05) is 13.1 Å². The summed E-state index contributed by atoms with van der Waals surface area (Å²) in [4.78, 5) is 0.278. The number of nitrogens with zero attached hydrogens (tertiary/aromatic N) is 2. The summed E-state index contributed by atoms with van der Waals surface area (Å²) in [5.41, 5.74) is 1.69. The normalized spacial score (nSPS) is 12.0. The molecule has 0 aliphatic heterocycles. The number of sulfonamides is 1. The molecule has 0 amide bonds. The van der Waals surface area contributed by atoms with E-state index >= 15 is 0 Å². The van der Waals surface area contributed by atoms with Gasteiger partial charge in [-0.1, -0.05) is 41.9 Å². The zero-order chi connectivity index (χ0) is 18.0. The van der Waals surface area contributed by atoms with Crippen molar-refractivity contribution in [3.05, 3.63) is 58.9 Å². The van der Waals surface area contributed by atoms with Gasteiger partial charge in [-0.05, 0) is 43.2 Å². The fourth-order valence-corrected chi connectivity index (χ4v) is 3.99. The summed E-state index contributed by atoms with van der Waals surface area (Å²) in [7, 11) is -3.52. The number of hydrogen-bond donors (Lipinski definition) is 1. The second-order valence-corrected chi connectivity index (χ2v) is 8.11. The zero-order valence-electron chi connectivity index (χ0n) is 14.2. The van der Waals surface area contributed by atoms with Crippen molar-refractivity contribution in [2.75, 3.05) is 6.54 Å². The van der Waals surface area contributed by atoms with Crippen LogP contribution >= 0.6 is 11.6 Å². The van der Waals surface area contributed by atoms with E-state index in [1.54, 1.807) is 12.1 Å². The van der Waals surface area contributed by atoms with E-state index in [9.17, 15) is 8.42 Å². The molecule has 7 heteroatoms. The molecule has 0 atom stereocenters. The number of hydrogen-bond acceptors (Lipinski definition) is 3. The highest BCUT2D eigenvalue weighted by Gasteiger charge is 2.14. The first-order chi connectivity index (χ1) is 11.9. The minimum absolute atomic E-state index is 0.278. The molecule has 3 rings (SSSR count). The van der Waals surface area contributed by atoms with Crippen LogP contribution in [0.2, 0.25) is 5.02 Å². The maximum atomic E-state index is 12.5. The topological polar surface area (TPSA) is 64.0 Å². The van der Waals surface area contributed by atoms with Crippen LogP contribution in [0.4, 0.5) is 0 Å². The third-order valence-electron chi connectivity index (χ3n) is 4.16. The molecular formula is C18H20ClN3O2S. The molecule has 2 aromatic carbocycles. The van der Waals surface area contributed by atoms with E-state index in [1.165, 1.54) is 0 Å². The third kappa shape index (κ3) is 3.86. The van der Waals surface area contributed by atoms with Gasteiger partial charge >= 0.3 is 0 Å². The van der Waals surface area contributed by atoms with Gasteiger partial charge in [-0.3, -0.25) is 4.68 Å². The standard InChI is InChI=1S/C18H20ClN3O2S/c1-13-18(19)14(2)22(21-13)11-5-10-20-25(23,24)17-9-8-15-6-3-4-7-16(15)12-17/h3-4,6-9,12,20H,5,10-11H2,1-2H3. The lowest BCUT2D eigenvalue weighted by Crippen LogP contribution is -2.25. The monoisotopic (exact) mass is 377 g/mol. The summed E-state index contributed by atoms with van der Waals surface area (Å²) in [5.74, 6) is 0. The first kappa shape index (κ1) is 17.9. The van der Waals surface area contributed by atoms with E-state index in [1.807, 2.05) is 48.9 Å². The smallest absolute Gasteiger partial charge is 0.240 e. The molecule has 1 heterocycles. The van der Waals surface area contributed by atoms with E-state index in [-0.39, 0.29) is 4.90 Å². The lowest BCUT2D eigenvalue weighted by Gasteiger charge is -2.09. The first-order valence-corrected chi connectivity index (χ1v) is 9.92. The van der Waals surface area contributed by atoms with Crippen LogP contribution in [0.1, 0.15) is 17.8 Å². The molecule has 5 nitrogen and oxygen atoms in total. The van der Waals surface area contributed by atoms with Gasteiger partial charge in [0.15, 0.2) is 0 Å². The predicted octanol–water partition coefficient (Wildman–Crippen LogP) is 3.68. The molecule has 0 aliphatic rings. The number of aromatic nitrogens is 2. The molecule has 3 aromatic rings. The van der Waals surface area contributed by atoms with Crippen molar-refractivity contribution in [3.8, 4) is 0 Å². The van der Waals surface area contributed by atoms with Crippen LogP contribution in [-0.2, 0) is 16.6 Å². The molecule has 0 unspecified atom stereocenters. The van der Waals surface area contributed by atoms with Crippen molar-refractivity contribution in [3.63, 3.8) is 0 Å². The average Bonchev–Trinajstić information content (AvgIpc) is 2.85. The minimum atomic E-state index is -3.52. The SMILES string of the molecule is Cc1nn(CCCNS(=O)(=O)c2ccc3ccccc3c2)c(C)c1Cl. The van der Waals surface area contributed by atoms with E-state index < -0.39 is 10.0 Å². The van der Waals surface area contributed by atoms with Crippen LogP contribution in [0.5, 0.6) is 0 Å². The van der Waals surface area contributed by atoms with Gasteiger partial charge in [0.25, 0.3) is 0 Å². The van der Waals surface area contributed by atoms with Crippen molar-refractivity contribution < 1.29 is 8.42 Å². The predicted molar refractivity (Wildman–Crippen MR) is 100 cm³/mol. The number of nitrogens with one attached hydrogen (secondary N) is 1. The van der Waals surface area contributed by atoms with E-state index in [0.29, 0.717) is 24.5 Å². The van der Waals surface area contributed by atoms with Gasteiger partial charge in [0.2, 0.25) is 10.0 Å². The second kappa shape index (κ2) is 7.15. The van der Waals surface area contributed by atoms with Gasteiger partial charge < -0.3 is 0 Å². The highest BCUT2D eigenvalue weighted by molar-refractivity contribution is 7.89. The Morgan fingerprint density at radius 3 is 2.52 bits per heavy atom. The van der Waals surface area contributed by atoms with Crippen LogP contribution in [0.15, 0.2) is 47.4 Å². The fourth-order valence-electron chi connectivity index (χ4n) is 2.75. The zero-order valence-corrected chi connectivity index (χ0v) is 15.7. The van der Waals surface area contributed by atoms with Gasteiger partial charge in [-0.2, -0.15) is 5.10 Å². The quantitative estimate of drug-likeness (QED) is 0.666. The molecular weight excluding hydrogens is 358 g/mol. The lowest BCUT2D eigenvalue weighted by atomic mass is 10.1. The summed E-state index contributed by atoms with van der Waals surface area (Å²) < 4.78 is 29.4. The second-order valence-electron chi connectivity index (χ2n) is 5.97. The summed E-state index contributed by atoms with van der Waals surface area (Å²) in [5, 5.41) is 6.93. The van der Waals surface area contributed by atoms with Gasteiger partial charge in [-0.25, -0.2) is 13.1 Å². The number of fused-ring (bicyclic) bond motifs is 1. The molecule has 0 fully saturated rings. The Kier molecular flexibility index (Phi) is 5.13. The summed E-state index contributed by atoms with van der Waals surface area (Å²) in [6.45, 7) is 4.71. The van der Waals surface area contributed by atoms with Crippen LogP contribution in [0.25, 0.3) is 10.8 Å². The Morgan fingerprint density at radius 1 is 1.12 bits per heavy atom. The molecule has 132 valence electrons. The van der Waals surface area contributed by atoms with Crippen molar-refractivity contribution >= 4 is 32.4 Å². The van der Waals surface area contributed by atoms with Gasteiger partial charge in [-0.15, -0.1) is 0 Å². The Morgan fingerprint density at radius 2 is 1.84 bits per heavy atom. The van der Waals surface area contributed by atoms with Gasteiger partial charge in [0.05, 0.1) is 21.3 Å². The molecule has 0 saturated carbocycles. The van der Waals surface area contributed by atoms with Crippen LogP contribution in [0.3, 0.4) is 0 Å². The highest BCUT2D eigenvalue weighted by Crippen LogP contribution is 2.20. The Bertz CT molecular complexity index is 1010. The number of benzene rings is 2. The first-order valence-electron chi connectivity index (χ1n) is 8.06. The van der Waals surface area contributed by atoms with Crippen LogP contribution in [0, 0.1) is 13.8 Å². The average molecular weight is 378 g/mol. The fraction of sp³-hybridized carbons (Fsp3) is 0.278. The Labute approximate surface area is 152 Å². The molecule has 25 heavy (non-hydrogen) atoms. The van der Waals surface area contributed by atoms with E-state index in [4.69, 9.17) is 11.6 Å². The van der Waals surface area contributed by atoms with E-state index in [0.717, 1.165) is 22.2 Å². The summed E-state index contributed by atoms with van der Waals surface area (Å²) >= 11 is 6.12. The van der Waals surface area contributed by atoms with Crippen LogP contribution in [-0.4, -0.2) is 24.7 Å². The van der Waals surface area contributed by atoms with Crippen LogP contribution < -0.4 is 4.72 Å². The Hall–Kier alpha value is -1.89. The molecule has 0 aliphatic carbocycles. The summed E-state index contributed by atoms with van der Waals surface area (Å²) in [6.07, 6.45) is 0.630. The van der Waals surface area contributed by atoms with E-state index in [2.05, 4.69) is 9.82 Å². The van der Waals surface area contributed by atoms with Crippen molar-refractivity contribution in [2.45, 2.75) is 31.7 Å². The molecule has 1 aromatic heterocycles. The number of aryl methyl sites for hydroxylation is 2. The highest BCUT2D eigenvalue weighted by atomic mass is 35.5.